The average molecular weight is 524 g/mol. The van der Waals surface area contributed by atoms with E-state index >= 15 is 0 Å². The fourth-order valence-electron chi connectivity index (χ4n) is 5.34. The van der Waals surface area contributed by atoms with Crippen LogP contribution in [0.25, 0.3) is 10.9 Å². The van der Waals surface area contributed by atoms with Crippen LogP contribution < -0.4 is 5.56 Å². The van der Waals surface area contributed by atoms with Gasteiger partial charge in [-0.2, -0.15) is 0 Å². The molecule has 0 saturated carbocycles. The van der Waals surface area contributed by atoms with E-state index in [1.807, 2.05) is 37.3 Å². The van der Waals surface area contributed by atoms with Crippen molar-refractivity contribution in [3.8, 4) is 0 Å². The number of piperazine rings is 1. The van der Waals surface area contributed by atoms with E-state index in [1.165, 1.54) is 17.7 Å². The van der Waals surface area contributed by atoms with Crippen molar-refractivity contribution in [3.05, 3.63) is 123 Å². The molecule has 3 heterocycles. The molecule has 8 nitrogen and oxygen atoms in total. The number of rotatable bonds is 7. The van der Waals surface area contributed by atoms with E-state index in [0.717, 1.165) is 54.8 Å². The van der Waals surface area contributed by atoms with E-state index in [4.69, 9.17) is 0 Å². The zero-order valence-corrected chi connectivity index (χ0v) is 21.8. The monoisotopic (exact) mass is 523 g/mol. The first-order valence-electron chi connectivity index (χ1n) is 13.2. The molecular formula is C30H30FN7O. The Kier molecular flexibility index (Phi) is 7.00. The maximum atomic E-state index is 13.5. The van der Waals surface area contributed by atoms with E-state index in [-0.39, 0.29) is 11.4 Å². The number of aryl methyl sites for hydroxylation is 1. The minimum atomic E-state index is -0.436. The molecule has 1 N–H and O–H groups in total. The molecule has 9 heteroatoms. The Morgan fingerprint density at radius 1 is 0.897 bits per heavy atom. The molecule has 198 valence electrons. The molecule has 1 saturated heterocycles. The van der Waals surface area contributed by atoms with Crippen molar-refractivity contribution in [1.29, 1.82) is 0 Å². The van der Waals surface area contributed by atoms with Crippen molar-refractivity contribution >= 4 is 10.9 Å². The summed E-state index contributed by atoms with van der Waals surface area (Å²) in [5, 5.41) is 13.6. The van der Waals surface area contributed by atoms with Crippen LogP contribution in [0.3, 0.4) is 0 Å². The standard InChI is InChI=1S/C30H30FN7O/c1-21-7-10-24-18-26(30(39)32-27(24)17-21)28(29-33-34-35-38(29)20-23-8-11-25(31)12-9-23)37-15-13-36(14-16-37)19-22-5-3-2-4-6-22/h2-12,17-18,28H,13-16,19-20H2,1H3,(H,32,39)/t28-/m1/s1. The van der Waals surface area contributed by atoms with Gasteiger partial charge in [-0.05, 0) is 63.7 Å². The summed E-state index contributed by atoms with van der Waals surface area (Å²) >= 11 is 0. The van der Waals surface area contributed by atoms with Gasteiger partial charge < -0.3 is 4.98 Å². The first-order chi connectivity index (χ1) is 19.0. The lowest BCUT2D eigenvalue weighted by Crippen LogP contribution is -2.48. The smallest absolute Gasteiger partial charge is 0.253 e. The third-order valence-corrected chi connectivity index (χ3v) is 7.40. The minimum absolute atomic E-state index is 0.152. The number of hydrogen-bond acceptors (Lipinski definition) is 6. The average Bonchev–Trinajstić information content (AvgIpc) is 3.39. The molecule has 0 radical (unpaired) electrons. The highest BCUT2D eigenvalue weighted by molar-refractivity contribution is 5.79. The highest BCUT2D eigenvalue weighted by atomic mass is 19.1. The van der Waals surface area contributed by atoms with Crippen LogP contribution in [-0.4, -0.2) is 61.2 Å². The highest BCUT2D eigenvalue weighted by Crippen LogP contribution is 2.28. The molecule has 6 rings (SSSR count). The number of benzene rings is 3. The Hall–Kier alpha value is -4.21. The van der Waals surface area contributed by atoms with Gasteiger partial charge in [0.1, 0.15) is 11.9 Å². The molecule has 3 aromatic carbocycles. The Morgan fingerprint density at radius 3 is 2.41 bits per heavy atom. The van der Waals surface area contributed by atoms with Gasteiger partial charge in [-0.3, -0.25) is 14.6 Å². The second-order valence-electron chi connectivity index (χ2n) is 10.2. The molecule has 0 unspecified atom stereocenters. The van der Waals surface area contributed by atoms with E-state index in [2.05, 4.69) is 54.6 Å². The van der Waals surface area contributed by atoms with Crippen LogP contribution in [0.15, 0.2) is 83.7 Å². The Labute approximate surface area is 225 Å². The fourth-order valence-corrected chi connectivity index (χ4v) is 5.34. The number of aromatic amines is 1. The maximum Gasteiger partial charge on any atom is 0.253 e. The number of halogens is 1. The van der Waals surface area contributed by atoms with Crippen LogP contribution in [0.4, 0.5) is 4.39 Å². The third-order valence-electron chi connectivity index (χ3n) is 7.40. The molecule has 0 aliphatic carbocycles. The summed E-state index contributed by atoms with van der Waals surface area (Å²) in [5.41, 5.74) is 4.51. The lowest BCUT2D eigenvalue weighted by atomic mass is 10.0. The van der Waals surface area contributed by atoms with Gasteiger partial charge in [0, 0.05) is 43.8 Å². The van der Waals surface area contributed by atoms with E-state index in [9.17, 15) is 9.18 Å². The number of hydrogen-bond donors (Lipinski definition) is 1. The molecule has 1 aliphatic heterocycles. The molecule has 0 bridgehead atoms. The van der Waals surface area contributed by atoms with Gasteiger partial charge in [0.05, 0.1) is 6.54 Å². The van der Waals surface area contributed by atoms with Crippen LogP contribution in [0.2, 0.25) is 0 Å². The number of nitrogens with zero attached hydrogens (tertiary/aromatic N) is 6. The Bertz CT molecular complexity index is 1620. The van der Waals surface area contributed by atoms with E-state index in [1.54, 1.807) is 16.8 Å². The normalized spacial score (nSPS) is 15.5. The molecule has 1 atom stereocenters. The number of nitrogens with one attached hydrogen (secondary N) is 1. The first kappa shape index (κ1) is 25.1. The van der Waals surface area contributed by atoms with Crippen molar-refractivity contribution < 1.29 is 4.39 Å². The molecule has 1 fully saturated rings. The number of aromatic nitrogens is 5. The first-order valence-corrected chi connectivity index (χ1v) is 13.2. The van der Waals surface area contributed by atoms with Crippen molar-refractivity contribution in [2.45, 2.75) is 26.1 Å². The van der Waals surface area contributed by atoms with Crippen LogP contribution in [0.1, 0.15) is 34.1 Å². The topological polar surface area (TPSA) is 82.9 Å². The van der Waals surface area contributed by atoms with Crippen molar-refractivity contribution in [1.82, 2.24) is 35.0 Å². The summed E-state index contributed by atoms with van der Waals surface area (Å²) in [7, 11) is 0. The summed E-state index contributed by atoms with van der Waals surface area (Å²) in [6.45, 7) is 6.49. The number of fused-ring (bicyclic) bond motifs is 1. The Balaban J connectivity index is 1.34. The fraction of sp³-hybridized carbons (Fsp3) is 0.267. The molecule has 39 heavy (non-hydrogen) atoms. The highest BCUT2D eigenvalue weighted by Gasteiger charge is 2.32. The van der Waals surface area contributed by atoms with E-state index < -0.39 is 6.04 Å². The van der Waals surface area contributed by atoms with Crippen LogP contribution in [0.5, 0.6) is 0 Å². The molecule has 1 aliphatic rings. The summed E-state index contributed by atoms with van der Waals surface area (Å²) in [6, 6.07) is 24.3. The van der Waals surface area contributed by atoms with Gasteiger partial charge in [0.15, 0.2) is 5.82 Å². The number of tetrazole rings is 1. The van der Waals surface area contributed by atoms with Crippen LogP contribution in [-0.2, 0) is 13.1 Å². The van der Waals surface area contributed by atoms with Gasteiger partial charge in [-0.15, -0.1) is 5.10 Å². The predicted octanol–water partition coefficient (Wildman–Crippen LogP) is 3.92. The summed E-state index contributed by atoms with van der Waals surface area (Å²) < 4.78 is 15.2. The van der Waals surface area contributed by atoms with Crippen molar-refractivity contribution in [3.63, 3.8) is 0 Å². The van der Waals surface area contributed by atoms with Crippen molar-refractivity contribution in [2.24, 2.45) is 0 Å². The maximum absolute atomic E-state index is 13.5. The van der Waals surface area contributed by atoms with Crippen LogP contribution in [0, 0.1) is 12.7 Å². The lowest BCUT2D eigenvalue weighted by molar-refractivity contribution is 0.0998. The molecular weight excluding hydrogens is 493 g/mol. The number of pyridine rings is 1. The molecule has 5 aromatic rings. The van der Waals surface area contributed by atoms with Gasteiger partial charge in [0.2, 0.25) is 0 Å². The molecule has 0 spiro atoms. The minimum Gasteiger partial charge on any atom is -0.322 e. The predicted molar refractivity (Wildman–Crippen MR) is 148 cm³/mol. The number of H-pyrrole nitrogens is 1. The lowest BCUT2D eigenvalue weighted by Gasteiger charge is -2.38. The largest absolute Gasteiger partial charge is 0.322 e. The van der Waals surface area contributed by atoms with Gasteiger partial charge >= 0.3 is 0 Å². The van der Waals surface area contributed by atoms with E-state index in [0.29, 0.717) is 17.9 Å². The summed E-state index contributed by atoms with van der Waals surface area (Å²) in [4.78, 5) is 21.3. The summed E-state index contributed by atoms with van der Waals surface area (Å²) in [6.07, 6.45) is 0. The van der Waals surface area contributed by atoms with Crippen LogP contribution >= 0.6 is 0 Å². The second-order valence-corrected chi connectivity index (χ2v) is 10.2. The second kappa shape index (κ2) is 10.9. The SMILES string of the molecule is Cc1ccc2cc([C@H](c3nnnn3Cc3ccc(F)cc3)N3CCN(Cc4ccccc4)CC3)c(=O)[nH]c2c1. The van der Waals surface area contributed by atoms with Gasteiger partial charge in [-0.25, -0.2) is 9.07 Å². The zero-order valence-electron chi connectivity index (χ0n) is 21.8. The molecule has 2 aromatic heterocycles. The van der Waals surface area contributed by atoms with Gasteiger partial charge in [-0.1, -0.05) is 54.6 Å². The Morgan fingerprint density at radius 2 is 1.64 bits per heavy atom. The summed E-state index contributed by atoms with van der Waals surface area (Å²) in [5.74, 6) is 0.299. The third kappa shape index (κ3) is 5.50. The zero-order chi connectivity index (χ0) is 26.8. The quantitative estimate of drug-likeness (QED) is 0.348. The van der Waals surface area contributed by atoms with Crippen molar-refractivity contribution in [2.75, 3.05) is 26.2 Å². The molecule has 0 amide bonds. The van der Waals surface area contributed by atoms with Gasteiger partial charge in [0.25, 0.3) is 5.56 Å².